The van der Waals surface area contributed by atoms with E-state index in [1.807, 2.05) is 6.92 Å². The average molecular weight is 785 g/mol. The van der Waals surface area contributed by atoms with Crippen molar-refractivity contribution in [3.63, 3.8) is 0 Å². The molecule has 6 rings (SSSR count). The lowest BCUT2D eigenvalue weighted by atomic mass is 9.35. The van der Waals surface area contributed by atoms with Crippen LogP contribution in [-0.4, -0.2) is 138 Å². The zero-order valence-corrected chi connectivity index (χ0v) is 34.3. The molecule has 9 N–H and O–H groups in total. The number of fused-ring (bicyclic) bond motifs is 5. The molecule has 6 fully saturated rings. The highest BCUT2D eigenvalue weighted by molar-refractivity contribution is 5.20. The minimum absolute atomic E-state index is 0.00798. The molecular weight excluding hydrogens is 712 g/mol. The molecule has 0 amide bonds. The van der Waals surface area contributed by atoms with Gasteiger partial charge in [0.25, 0.3) is 0 Å². The number of hydrogen-bond donors (Lipinski definition) is 9. The second-order valence-electron chi connectivity index (χ2n) is 20.1. The van der Waals surface area contributed by atoms with E-state index in [1.54, 1.807) is 0 Å². The fourth-order valence-corrected chi connectivity index (χ4v) is 13.3. The highest BCUT2D eigenvalue weighted by Crippen LogP contribution is 2.76. The van der Waals surface area contributed by atoms with Crippen molar-refractivity contribution in [3.05, 3.63) is 11.6 Å². The maximum Gasteiger partial charge on any atom is 0.187 e. The molecule has 4 aliphatic carbocycles. The second-order valence-corrected chi connectivity index (χ2v) is 20.1. The molecule has 0 aromatic carbocycles. The third kappa shape index (κ3) is 7.20. The zero-order chi connectivity index (χ0) is 40.6. The molecule has 20 atom stereocenters. The van der Waals surface area contributed by atoms with Crippen molar-refractivity contribution in [1.29, 1.82) is 0 Å². The fourth-order valence-electron chi connectivity index (χ4n) is 13.3. The third-order valence-corrected chi connectivity index (χ3v) is 16.6. The topological polar surface area (TPSA) is 219 Å². The lowest BCUT2D eigenvalue weighted by Gasteiger charge is -2.70. The summed E-state index contributed by atoms with van der Waals surface area (Å²) in [7, 11) is 0. The molecule has 4 saturated carbocycles. The summed E-state index contributed by atoms with van der Waals surface area (Å²) < 4.78 is 24.4. The van der Waals surface area contributed by atoms with E-state index in [4.69, 9.17) is 18.9 Å². The van der Waals surface area contributed by atoms with Crippen LogP contribution in [0.2, 0.25) is 0 Å². The molecular formula is C42H72O13. The van der Waals surface area contributed by atoms with Gasteiger partial charge in [0.15, 0.2) is 12.6 Å². The highest BCUT2D eigenvalue weighted by Gasteiger charge is 2.71. The van der Waals surface area contributed by atoms with Gasteiger partial charge in [-0.1, -0.05) is 46.3 Å². The lowest BCUT2D eigenvalue weighted by molar-refractivity contribution is -0.378. The monoisotopic (exact) mass is 784 g/mol. The predicted molar refractivity (Wildman–Crippen MR) is 201 cm³/mol. The third-order valence-electron chi connectivity index (χ3n) is 16.6. The first-order valence-corrected chi connectivity index (χ1v) is 20.9. The van der Waals surface area contributed by atoms with E-state index in [0.717, 1.165) is 38.5 Å². The van der Waals surface area contributed by atoms with Crippen LogP contribution < -0.4 is 0 Å². The van der Waals surface area contributed by atoms with E-state index < -0.39 is 97.8 Å². The summed E-state index contributed by atoms with van der Waals surface area (Å²) in [6, 6.07) is 0. The first-order valence-electron chi connectivity index (χ1n) is 20.9. The van der Waals surface area contributed by atoms with Crippen LogP contribution in [0.3, 0.4) is 0 Å². The summed E-state index contributed by atoms with van der Waals surface area (Å²) in [6.07, 6.45) is -6.48. The smallest absolute Gasteiger partial charge is 0.187 e. The molecule has 0 aromatic heterocycles. The molecule has 0 radical (unpaired) electrons. The Bertz CT molecular complexity index is 1370. The van der Waals surface area contributed by atoms with E-state index in [0.29, 0.717) is 19.3 Å². The van der Waals surface area contributed by atoms with Crippen molar-refractivity contribution in [2.45, 2.75) is 192 Å². The van der Waals surface area contributed by atoms with E-state index in [-0.39, 0.29) is 39.9 Å². The van der Waals surface area contributed by atoms with Crippen LogP contribution >= 0.6 is 0 Å². The number of ether oxygens (including phenoxy) is 4. The van der Waals surface area contributed by atoms with Crippen molar-refractivity contribution in [3.8, 4) is 0 Å². The van der Waals surface area contributed by atoms with Gasteiger partial charge in [-0.25, -0.2) is 0 Å². The Morgan fingerprint density at radius 3 is 1.95 bits per heavy atom. The van der Waals surface area contributed by atoms with E-state index in [1.165, 1.54) is 5.57 Å². The molecule has 13 nitrogen and oxygen atoms in total. The number of rotatable bonds is 10. The summed E-state index contributed by atoms with van der Waals surface area (Å²) in [6.45, 7) is 16.5. The van der Waals surface area contributed by atoms with Crippen LogP contribution in [0.15, 0.2) is 11.6 Å². The average Bonchev–Trinajstić information content (AvgIpc) is 3.50. The second kappa shape index (κ2) is 15.7. The Labute approximate surface area is 327 Å². The molecule has 6 aliphatic rings. The summed E-state index contributed by atoms with van der Waals surface area (Å²) >= 11 is 0. The summed E-state index contributed by atoms with van der Waals surface area (Å²) in [4.78, 5) is 0. The predicted octanol–water partition coefficient (Wildman–Crippen LogP) is 2.15. The molecule has 55 heavy (non-hydrogen) atoms. The number of aliphatic hydroxyl groups is 9. The summed E-state index contributed by atoms with van der Waals surface area (Å²) in [5.74, 6) is 0.445. The Kier molecular flexibility index (Phi) is 12.5. The van der Waals surface area contributed by atoms with Gasteiger partial charge in [0.05, 0.1) is 31.0 Å². The van der Waals surface area contributed by atoms with Gasteiger partial charge in [0.1, 0.15) is 48.8 Å². The van der Waals surface area contributed by atoms with Crippen LogP contribution in [0.4, 0.5) is 0 Å². The molecule has 0 spiro atoms. The molecule has 0 bridgehead atoms. The van der Waals surface area contributed by atoms with Gasteiger partial charge < -0.3 is 64.9 Å². The molecule has 2 saturated heterocycles. The molecule has 2 heterocycles. The Morgan fingerprint density at radius 2 is 1.33 bits per heavy atom. The van der Waals surface area contributed by atoms with Gasteiger partial charge in [-0.2, -0.15) is 0 Å². The van der Waals surface area contributed by atoms with Crippen LogP contribution in [0.25, 0.3) is 0 Å². The maximum atomic E-state index is 12.2. The molecule has 318 valence electrons. The first-order chi connectivity index (χ1) is 25.6. The standard InChI is InChI=1S/C42H72O13/c1-21(2)10-9-14-42(8,51)22-11-16-41(7)29(22)23(45)18-27-39(5)15-13-28(38(3,4)26(39)12-17-40(27,41)6)54-37-35(33(49)31(47)25(20-44)53-37)55-36-34(50)32(48)30(46)24(19-43)52-36/h10,22-37,43-51H,9,11-20H2,1-8H3/t22?,23-,24-,25-,26?,27?,28+,29?,30-,31-,32+,33+,34-,35-,36+,37+,39+,40-,41-,42-/m1/s1. The lowest BCUT2D eigenvalue weighted by Crippen LogP contribution is -2.68. The summed E-state index contributed by atoms with van der Waals surface area (Å²) in [5.41, 5.74) is -0.405. The SMILES string of the molecule is CC(C)=CCC[C@@](C)(O)C1CC[C@]2(C)C1[C@H](O)CC1[C@@]3(C)CC[C@H](O[C@@H]4O[C@H](CO)[C@@H](O)[C@H](O)[C@H]4O[C@@H]4O[C@H](CO)[C@@H](O)[C@H](O)[C@H]4O)C(C)(C)C3CC[C@]12C. The van der Waals surface area contributed by atoms with Crippen LogP contribution in [0.1, 0.15) is 113 Å². The van der Waals surface area contributed by atoms with Gasteiger partial charge in [-0.15, -0.1) is 0 Å². The van der Waals surface area contributed by atoms with Gasteiger partial charge in [0, 0.05) is 0 Å². The highest BCUT2D eigenvalue weighted by atomic mass is 16.8. The molecule has 2 aliphatic heterocycles. The van der Waals surface area contributed by atoms with E-state index in [9.17, 15) is 46.0 Å². The van der Waals surface area contributed by atoms with Crippen LogP contribution in [0.5, 0.6) is 0 Å². The first kappa shape index (κ1) is 43.8. The quantitative estimate of drug-likeness (QED) is 0.115. The van der Waals surface area contributed by atoms with Crippen molar-refractivity contribution in [2.24, 2.45) is 45.3 Å². The van der Waals surface area contributed by atoms with Crippen LogP contribution in [0, 0.1) is 45.3 Å². The molecule has 0 aromatic rings. The number of aliphatic hydroxyl groups excluding tert-OH is 8. The Balaban J connectivity index is 1.23. The van der Waals surface area contributed by atoms with Crippen LogP contribution in [-0.2, 0) is 18.9 Å². The summed E-state index contributed by atoms with van der Waals surface area (Å²) in [5, 5.41) is 97.4. The van der Waals surface area contributed by atoms with Gasteiger partial charge in [-0.05, 0) is 124 Å². The zero-order valence-electron chi connectivity index (χ0n) is 34.3. The molecule has 4 unspecified atom stereocenters. The maximum absolute atomic E-state index is 12.2. The number of hydrogen-bond acceptors (Lipinski definition) is 13. The Morgan fingerprint density at radius 1 is 0.727 bits per heavy atom. The van der Waals surface area contributed by atoms with Crippen molar-refractivity contribution in [2.75, 3.05) is 13.2 Å². The van der Waals surface area contributed by atoms with Gasteiger partial charge in [-0.3, -0.25) is 0 Å². The Hall–Kier alpha value is -0.780. The normalized spacial score (nSPS) is 52.0. The largest absolute Gasteiger partial charge is 0.394 e. The van der Waals surface area contributed by atoms with E-state index in [2.05, 4.69) is 54.5 Å². The van der Waals surface area contributed by atoms with Gasteiger partial charge >= 0.3 is 0 Å². The minimum Gasteiger partial charge on any atom is -0.394 e. The molecule has 13 heteroatoms. The minimum atomic E-state index is -1.75. The van der Waals surface area contributed by atoms with Crippen molar-refractivity contribution >= 4 is 0 Å². The van der Waals surface area contributed by atoms with E-state index >= 15 is 0 Å². The van der Waals surface area contributed by atoms with Gasteiger partial charge in [0.2, 0.25) is 0 Å². The fraction of sp³-hybridized carbons (Fsp3) is 0.952. The van der Waals surface area contributed by atoms with Crippen molar-refractivity contribution in [1.82, 2.24) is 0 Å². The van der Waals surface area contributed by atoms with Crippen molar-refractivity contribution < 1.29 is 64.9 Å². The number of allylic oxidation sites excluding steroid dienone is 2.